The van der Waals surface area contributed by atoms with Crippen molar-refractivity contribution < 1.29 is 4.79 Å². The first-order chi connectivity index (χ1) is 6.02. The number of carbonyl (C=O) groups excluding carboxylic acids is 1. The van der Waals surface area contributed by atoms with Gasteiger partial charge in [0, 0.05) is 6.54 Å². The number of hydrogen-bond acceptors (Lipinski definition) is 2. The van der Waals surface area contributed by atoms with Crippen LogP contribution in [0, 0.1) is 5.41 Å². The maximum Gasteiger partial charge on any atom is 0.228 e. The summed E-state index contributed by atoms with van der Waals surface area (Å²) in [6.07, 6.45) is 3.84. The molecule has 76 valence electrons. The Kier molecular flexibility index (Phi) is 3.74. The van der Waals surface area contributed by atoms with E-state index in [-0.39, 0.29) is 10.7 Å². The molecule has 1 rings (SSSR count). The highest BCUT2D eigenvalue weighted by Crippen LogP contribution is 2.22. The molecule has 0 N–H and O–H groups in total. The van der Waals surface area contributed by atoms with Gasteiger partial charge >= 0.3 is 0 Å². The first-order valence-electron chi connectivity index (χ1n) is 4.95. The molecular formula is C10H18ClNO. The molecule has 0 aromatic carbocycles. The Hall–Kier alpha value is -0.0800. The van der Waals surface area contributed by atoms with Crippen molar-refractivity contribution in [2.45, 2.75) is 33.1 Å². The fourth-order valence-corrected chi connectivity index (χ4v) is 1.80. The van der Waals surface area contributed by atoms with Crippen molar-refractivity contribution in [3.05, 3.63) is 0 Å². The zero-order valence-corrected chi connectivity index (χ0v) is 9.23. The van der Waals surface area contributed by atoms with Crippen LogP contribution in [0.25, 0.3) is 0 Å². The summed E-state index contributed by atoms with van der Waals surface area (Å²) >= 11 is 5.52. The van der Waals surface area contributed by atoms with E-state index >= 15 is 0 Å². The minimum atomic E-state index is -0.390. The first-order valence-corrected chi connectivity index (χ1v) is 5.32. The van der Waals surface area contributed by atoms with E-state index in [1.54, 1.807) is 0 Å². The monoisotopic (exact) mass is 203 g/mol. The van der Waals surface area contributed by atoms with E-state index in [9.17, 15) is 4.79 Å². The molecule has 3 heteroatoms. The van der Waals surface area contributed by atoms with Crippen LogP contribution < -0.4 is 0 Å². The summed E-state index contributed by atoms with van der Waals surface area (Å²) in [5.41, 5.74) is -0.390. The largest absolute Gasteiger partial charge is 0.302 e. The maximum atomic E-state index is 11.1. The van der Waals surface area contributed by atoms with E-state index in [0.29, 0.717) is 0 Å². The molecule has 1 heterocycles. The van der Waals surface area contributed by atoms with Gasteiger partial charge in [0.25, 0.3) is 0 Å². The Morgan fingerprint density at radius 1 is 1.31 bits per heavy atom. The van der Waals surface area contributed by atoms with E-state index in [1.165, 1.54) is 19.3 Å². The first kappa shape index (κ1) is 11.0. The highest BCUT2D eigenvalue weighted by molar-refractivity contribution is 6.64. The molecule has 1 aliphatic rings. The zero-order chi connectivity index (χ0) is 9.90. The minimum absolute atomic E-state index is 0.224. The van der Waals surface area contributed by atoms with Gasteiger partial charge in [0.2, 0.25) is 5.24 Å². The molecule has 0 spiro atoms. The SMILES string of the molecule is CC(C)(CN1CCCCC1)C(=O)Cl. The molecule has 0 aromatic rings. The van der Waals surface area contributed by atoms with Crippen LogP contribution in [0.4, 0.5) is 0 Å². The van der Waals surface area contributed by atoms with Crippen LogP contribution >= 0.6 is 11.6 Å². The second kappa shape index (κ2) is 4.43. The molecular weight excluding hydrogens is 186 g/mol. The van der Waals surface area contributed by atoms with Crippen molar-refractivity contribution in [1.82, 2.24) is 4.90 Å². The topological polar surface area (TPSA) is 20.3 Å². The number of rotatable bonds is 3. The molecule has 2 nitrogen and oxygen atoms in total. The van der Waals surface area contributed by atoms with Crippen LogP contribution in [0.3, 0.4) is 0 Å². The number of likely N-dealkylation sites (tertiary alicyclic amines) is 1. The van der Waals surface area contributed by atoms with Crippen molar-refractivity contribution in [2.24, 2.45) is 5.41 Å². The van der Waals surface area contributed by atoms with Crippen molar-refractivity contribution in [3.63, 3.8) is 0 Å². The van der Waals surface area contributed by atoms with E-state index in [4.69, 9.17) is 11.6 Å². The number of piperidine rings is 1. The predicted molar refractivity (Wildman–Crippen MR) is 54.9 cm³/mol. The number of halogens is 1. The summed E-state index contributed by atoms with van der Waals surface area (Å²) in [4.78, 5) is 13.4. The highest BCUT2D eigenvalue weighted by atomic mass is 35.5. The second-order valence-corrected chi connectivity index (χ2v) is 4.84. The van der Waals surface area contributed by atoms with Crippen LogP contribution in [0.2, 0.25) is 0 Å². The lowest BCUT2D eigenvalue weighted by atomic mass is 9.94. The molecule has 1 saturated heterocycles. The molecule has 0 aromatic heterocycles. The number of nitrogens with zero attached hydrogens (tertiary/aromatic N) is 1. The molecule has 0 atom stereocenters. The van der Waals surface area contributed by atoms with Crippen LogP contribution in [0.5, 0.6) is 0 Å². The third-order valence-electron chi connectivity index (χ3n) is 2.60. The molecule has 0 radical (unpaired) electrons. The Morgan fingerprint density at radius 2 is 1.85 bits per heavy atom. The Balaban J connectivity index is 2.41. The highest BCUT2D eigenvalue weighted by Gasteiger charge is 2.28. The average molecular weight is 204 g/mol. The minimum Gasteiger partial charge on any atom is -0.302 e. The summed E-state index contributed by atoms with van der Waals surface area (Å²) in [5.74, 6) is 0. The quantitative estimate of drug-likeness (QED) is 0.656. The molecule has 0 aliphatic carbocycles. The van der Waals surface area contributed by atoms with Crippen LogP contribution in [-0.2, 0) is 4.79 Å². The van der Waals surface area contributed by atoms with Gasteiger partial charge in [-0.2, -0.15) is 0 Å². The van der Waals surface area contributed by atoms with Crippen molar-refractivity contribution >= 4 is 16.8 Å². The van der Waals surface area contributed by atoms with E-state index < -0.39 is 0 Å². The van der Waals surface area contributed by atoms with Gasteiger partial charge in [0.15, 0.2) is 0 Å². The van der Waals surface area contributed by atoms with Gasteiger partial charge in [0.05, 0.1) is 5.41 Å². The lowest BCUT2D eigenvalue weighted by Gasteiger charge is -2.32. The zero-order valence-electron chi connectivity index (χ0n) is 8.48. The van der Waals surface area contributed by atoms with E-state index in [2.05, 4.69) is 4.90 Å². The van der Waals surface area contributed by atoms with Gasteiger partial charge in [-0.3, -0.25) is 4.79 Å². The van der Waals surface area contributed by atoms with Gasteiger partial charge in [-0.05, 0) is 37.5 Å². The fourth-order valence-electron chi connectivity index (χ4n) is 1.74. The van der Waals surface area contributed by atoms with Gasteiger partial charge in [-0.1, -0.05) is 20.3 Å². The summed E-state index contributed by atoms with van der Waals surface area (Å²) in [7, 11) is 0. The second-order valence-electron chi connectivity index (χ2n) is 4.49. The van der Waals surface area contributed by atoms with Crippen LogP contribution in [-0.4, -0.2) is 29.8 Å². The normalized spacial score (nSPS) is 20.2. The third-order valence-corrected chi connectivity index (χ3v) is 3.11. The Labute approximate surface area is 85.2 Å². The van der Waals surface area contributed by atoms with Crippen molar-refractivity contribution in [1.29, 1.82) is 0 Å². The van der Waals surface area contributed by atoms with Crippen LogP contribution in [0.15, 0.2) is 0 Å². The standard InChI is InChI=1S/C10H18ClNO/c1-10(2,9(11)13)8-12-6-4-3-5-7-12/h3-8H2,1-2H3. The summed E-state index contributed by atoms with van der Waals surface area (Å²) in [6.45, 7) is 6.87. The van der Waals surface area contributed by atoms with Gasteiger partial charge in [-0.15, -0.1) is 0 Å². The summed E-state index contributed by atoms with van der Waals surface area (Å²) < 4.78 is 0. The molecule has 1 fully saturated rings. The Bertz CT molecular complexity index is 185. The molecule has 0 saturated carbocycles. The molecule has 1 aliphatic heterocycles. The molecule has 13 heavy (non-hydrogen) atoms. The third kappa shape index (κ3) is 3.28. The van der Waals surface area contributed by atoms with Crippen LogP contribution in [0.1, 0.15) is 33.1 Å². The Morgan fingerprint density at radius 3 is 2.31 bits per heavy atom. The van der Waals surface area contributed by atoms with E-state index in [0.717, 1.165) is 19.6 Å². The molecule has 0 unspecified atom stereocenters. The lowest BCUT2D eigenvalue weighted by molar-refractivity contribution is -0.120. The lowest BCUT2D eigenvalue weighted by Crippen LogP contribution is -2.40. The summed E-state index contributed by atoms with van der Waals surface area (Å²) in [5, 5.41) is -0.224. The number of hydrogen-bond donors (Lipinski definition) is 0. The van der Waals surface area contributed by atoms with Crippen molar-refractivity contribution in [2.75, 3.05) is 19.6 Å². The van der Waals surface area contributed by atoms with Gasteiger partial charge in [-0.25, -0.2) is 0 Å². The van der Waals surface area contributed by atoms with E-state index in [1.807, 2.05) is 13.8 Å². The predicted octanol–water partition coefficient (Wildman–Crippen LogP) is 2.26. The van der Waals surface area contributed by atoms with Crippen molar-refractivity contribution in [3.8, 4) is 0 Å². The maximum absolute atomic E-state index is 11.1. The van der Waals surface area contributed by atoms with Gasteiger partial charge in [0.1, 0.15) is 0 Å². The van der Waals surface area contributed by atoms with Gasteiger partial charge < -0.3 is 4.90 Å². The smallest absolute Gasteiger partial charge is 0.228 e. The summed E-state index contributed by atoms with van der Waals surface area (Å²) in [6, 6.07) is 0. The molecule has 0 bridgehead atoms. The molecule has 0 amide bonds. The number of carbonyl (C=O) groups is 1. The average Bonchev–Trinajstić information content (AvgIpc) is 2.05. The fraction of sp³-hybridized carbons (Fsp3) is 0.900.